The molecule has 206 valence electrons. The van der Waals surface area contributed by atoms with E-state index in [1.165, 1.54) is 16.8 Å². The lowest BCUT2D eigenvalue weighted by molar-refractivity contribution is -0.141. The molecule has 1 aromatic rings. The molecule has 0 aliphatic carbocycles. The van der Waals surface area contributed by atoms with Crippen LogP contribution in [0, 0.1) is 5.41 Å². The first-order valence-electron chi connectivity index (χ1n) is 12.6. The van der Waals surface area contributed by atoms with E-state index in [9.17, 15) is 24.3 Å². The van der Waals surface area contributed by atoms with Crippen LogP contribution >= 0.6 is 0 Å². The van der Waals surface area contributed by atoms with Crippen molar-refractivity contribution < 1.29 is 29.0 Å². The molecule has 1 saturated heterocycles. The molecule has 37 heavy (non-hydrogen) atoms. The van der Waals surface area contributed by atoms with Gasteiger partial charge in [-0.3, -0.25) is 19.3 Å². The van der Waals surface area contributed by atoms with Crippen molar-refractivity contribution in [3.05, 3.63) is 35.9 Å². The molecule has 0 saturated carbocycles. The van der Waals surface area contributed by atoms with Gasteiger partial charge in [0.2, 0.25) is 11.8 Å². The maximum absolute atomic E-state index is 13.7. The van der Waals surface area contributed by atoms with Crippen molar-refractivity contribution in [2.24, 2.45) is 5.41 Å². The summed E-state index contributed by atoms with van der Waals surface area (Å²) in [5.74, 6) is -1.12. The fourth-order valence-electron chi connectivity index (χ4n) is 4.07. The number of ether oxygens (including phenoxy) is 1. The minimum Gasteiger partial charge on any atom is -0.444 e. The fourth-order valence-corrected chi connectivity index (χ4v) is 4.07. The Balaban J connectivity index is 2.14. The van der Waals surface area contributed by atoms with Crippen LogP contribution in [0.5, 0.6) is 0 Å². The lowest BCUT2D eigenvalue weighted by Crippen LogP contribution is -2.59. The van der Waals surface area contributed by atoms with Crippen LogP contribution in [0.3, 0.4) is 0 Å². The number of carbonyl (C=O) groups excluding carboxylic acids is 4. The summed E-state index contributed by atoms with van der Waals surface area (Å²) < 4.78 is 5.35. The first kappa shape index (κ1) is 30.1. The summed E-state index contributed by atoms with van der Waals surface area (Å²) in [4.78, 5) is 54.6. The summed E-state index contributed by atoms with van der Waals surface area (Å²) in [5.41, 5.74) is -0.870. The third-order valence-corrected chi connectivity index (χ3v) is 6.32. The van der Waals surface area contributed by atoms with E-state index in [0.717, 1.165) is 0 Å². The Kier molecular flexibility index (Phi) is 9.71. The van der Waals surface area contributed by atoms with Crippen LogP contribution in [0.25, 0.3) is 0 Å². The third kappa shape index (κ3) is 8.18. The monoisotopic (exact) mass is 518 g/mol. The molecule has 1 aliphatic heterocycles. The van der Waals surface area contributed by atoms with Gasteiger partial charge in [-0.25, -0.2) is 4.79 Å². The molecule has 10 heteroatoms. The average Bonchev–Trinajstić information content (AvgIpc) is 3.22. The van der Waals surface area contributed by atoms with E-state index in [1.54, 1.807) is 52.0 Å². The van der Waals surface area contributed by atoms with Crippen LogP contribution in [0.4, 0.5) is 4.79 Å². The number of benzene rings is 1. The first-order valence-corrected chi connectivity index (χ1v) is 12.6. The largest absolute Gasteiger partial charge is 0.444 e. The lowest BCUT2D eigenvalue weighted by atomic mass is 9.85. The number of carbonyl (C=O) groups is 4. The lowest BCUT2D eigenvalue weighted by Gasteiger charge is -2.36. The Bertz CT molecular complexity index is 969. The fraction of sp³-hybridized carbons (Fsp3) is 0.630. The first-order chi connectivity index (χ1) is 17.0. The van der Waals surface area contributed by atoms with Gasteiger partial charge in [0.15, 0.2) is 0 Å². The Labute approximate surface area is 219 Å². The molecule has 1 aliphatic rings. The summed E-state index contributed by atoms with van der Waals surface area (Å²) in [7, 11) is 1.47. The number of likely N-dealkylation sites (N-methyl/N-ethyl adjacent to an activating group) is 1. The topological polar surface area (TPSA) is 128 Å². The van der Waals surface area contributed by atoms with Gasteiger partial charge in [-0.1, -0.05) is 39.0 Å². The van der Waals surface area contributed by atoms with Crippen molar-refractivity contribution in [2.45, 2.75) is 84.7 Å². The highest BCUT2D eigenvalue weighted by Crippen LogP contribution is 2.26. The molecule has 2 rings (SSSR count). The third-order valence-electron chi connectivity index (χ3n) is 6.32. The molecule has 1 heterocycles. The molecular weight excluding hydrogens is 476 g/mol. The molecule has 1 unspecified atom stereocenters. The Morgan fingerprint density at radius 3 is 2.22 bits per heavy atom. The van der Waals surface area contributed by atoms with Gasteiger partial charge in [0.25, 0.3) is 5.91 Å². The van der Waals surface area contributed by atoms with E-state index < -0.39 is 41.1 Å². The molecule has 0 spiro atoms. The number of amides is 4. The highest BCUT2D eigenvalue weighted by Gasteiger charge is 2.43. The molecule has 1 fully saturated rings. The number of aliphatic hydroxyl groups is 1. The van der Waals surface area contributed by atoms with E-state index in [2.05, 4.69) is 10.6 Å². The van der Waals surface area contributed by atoms with E-state index in [-0.39, 0.29) is 31.0 Å². The summed E-state index contributed by atoms with van der Waals surface area (Å²) in [6.45, 7) is 12.2. The van der Waals surface area contributed by atoms with E-state index in [0.29, 0.717) is 12.0 Å². The number of aliphatic hydroxyl groups excluding tert-OH is 1. The maximum atomic E-state index is 13.7. The quantitative estimate of drug-likeness (QED) is 0.508. The number of hydrogen-bond donors (Lipinski definition) is 3. The number of hydrogen-bond acceptors (Lipinski definition) is 6. The number of rotatable bonds is 7. The Morgan fingerprint density at radius 2 is 1.70 bits per heavy atom. The summed E-state index contributed by atoms with van der Waals surface area (Å²) >= 11 is 0. The van der Waals surface area contributed by atoms with E-state index >= 15 is 0 Å². The summed E-state index contributed by atoms with van der Waals surface area (Å²) in [5, 5.41) is 15.7. The van der Waals surface area contributed by atoms with Crippen molar-refractivity contribution in [1.82, 2.24) is 20.4 Å². The van der Waals surface area contributed by atoms with Crippen molar-refractivity contribution in [3.8, 4) is 0 Å². The van der Waals surface area contributed by atoms with E-state index in [4.69, 9.17) is 4.74 Å². The van der Waals surface area contributed by atoms with Crippen LogP contribution in [0.1, 0.15) is 65.2 Å². The summed E-state index contributed by atoms with van der Waals surface area (Å²) in [6.07, 6.45) is -0.255. The molecule has 1 aromatic carbocycles. The number of nitrogens with one attached hydrogen (secondary N) is 2. The van der Waals surface area contributed by atoms with Gasteiger partial charge < -0.3 is 25.4 Å². The van der Waals surface area contributed by atoms with Gasteiger partial charge >= 0.3 is 6.09 Å². The Morgan fingerprint density at radius 1 is 1.11 bits per heavy atom. The Hall–Kier alpha value is -3.14. The van der Waals surface area contributed by atoms with Crippen LogP contribution in [-0.4, -0.2) is 88.7 Å². The molecule has 4 amide bonds. The van der Waals surface area contributed by atoms with E-state index in [1.807, 2.05) is 26.8 Å². The standard InChI is InChI=1S/C27H42N4O6/c1-17(30(8)25(36)37-27(5,6)7)22(33)29-21(26(2,3)4)24(35)31-15-19(14-20(31)16-32)28-23(34)18-12-10-9-11-13-18/h9-13,17,19-21,32H,14-16H2,1-8H3,(H,28,34)(H,29,33)/t17-,19?,20-,21+/m0/s1. The minimum absolute atomic E-state index is 0.207. The van der Waals surface area contributed by atoms with Crippen molar-refractivity contribution in [2.75, 3.05) is 20.2 Å². The zero-order chi connectivity index (χ0) is 28.1. The predicted molar refractivity (Wildman–Crippen MR) is 140 cm³/mol. The maximum Gasteiger partial charge on any atom is 0.410 e. The molecule has 10 nitrogen and oxygen atoms in total. The van der Waals surface area contributed by atoms with Gasteiger partial charge in [0, 0.05) is 25.2 Å². The van der Waals surface area contributed by atoms with Crippen LogP contribution < -0.4 is 10.6 Å². The number of likely N-dealkylation sites (tertiary alicyclic amines) is 1. The van der Waals surface area contributed by atoms with Gasteiger partial charge in [-0.15, -0.1) is 0 Å². The highest BCUT2D eigenvalue weighted by atomic mass is 16.6. The zero-order valence-corrected chi connectivity index (χ0v) is 23.2. The highest BCUT2D eigenvalue weighted by molar-refractivity contribution is 5.95. The minimum atomic E-state index is -0.924. The molecule has 0 bridgehead atoms. The molecular formula is C27H42N4O6. The summed E-state index contributed by atoms with van der Waals surface area (Å²) in [6, 6.07) is 6.11. The second-order valence-electron chi connectivity index (χ2n) is 11.7. The van der Waals surface area contributed by atoms with Gasteiger partial charge in [0.1, 0.15) is 17.7 Å². The second kappa shape index (κ2) is 11.9. The van der Waals surface area contributed by atoms with Crippen LogP contribution in [0.2, 0.25) is 0 Å². The van der Waals surface area contributed by atoms with Crippen LogP contribution in [-0.2, 0) is 14.3 Å². The zero-order valence-electron chi connectivity index (χ0n) is 23.2. The van der Waals surface area contributed by atoms with Crippen LogP contribution in [0.15, 0.2) is 30.3 Å². The van der Waals surface area contributed by atoms with Crippen molar-refractivity contribution in [3.63, 3.8) is 0 Å². The molecule has 0 radical (unpaired) electrons. The normalized spacial score (nSPS) is 19.5. The smallest absolute Gasteiger partial charge is 0.410 e. The predicted octanol–water partition coefficient (Wildman–Crippen LogP) is 2.16. The van der Waals surface area contributed by atoms with Crippen molar-refractivity contribution >= 4 is 23.8 Å². The molecule has 4 atom stereocenters. The van der Waals surface area contributed by atoms with Gasteiger partial charge in [-0.2, -0.15) is 0 Å². The second-order valence-corrected chi connectivity index (χ2v) is 11.7. The van der Waals surface area contributed by atoms with Gasteiger partial charge in [-0.05, 0) is 51.7 Å². The van der Waals surface area contributed by atoms with Gasteiger partial charge in [0.05, 0.1) is 12.6 Å². The average molecular weight is 519 g/mol. The molecule has 0 aromatic heterocycles. The van der Waals surface area contributed by atoms with Crippen molar-refractivity contribution in [1.29, 1.82) is 0 Å². The number of nitrogens with zero attached hydrogens (tertiary/aromatic N) is 2. The SMILES string of the molecule is C[C@@H](C(=O)N[C@H](C(=O)N1CC(NC(=O)c2ccccc2)C[C@H]1CO)C(C)(C)C)N(C)C(=O)OC(C)(C)C. The molecule has 3 N–H and O–H groups in total.